The minimum atomic E-state index is -1.01. The van der Waals surface area contributed by atoms with E-state index in [-0.39, 0.29) is 5.69 Å². The molecule has 6 heteroatoms. The minimum absolute atomic E-state index is 0.0595. The fourth-order valence-corrected chi connectivity index (χ4v) is 2.23. The van der Waals surface area contributed by atoms with Crippen molar-refractivity contribution >= 4 is 17.3 Å². The highest BCUT2D eigenvalue weighted by Gasteiger charge is 2.09. The third-order valence-electron chi connectivity index (χ3n) is 2.26. The van der Waals surface area contributed by atoms with Gasteiger partial charge in [0, 0.05) is 17.5 Å². The van der Waals surface area contributed by atoms with E-state index in [9.17, 15) is 4.79 Å². The normalized spacial score (nSPS) is 11.0. The third-order valence-corrected chi connectivity index (χ3v) is 3.45. The van der Waals surface area contributed by atoms with E-state index >= 15 is 0 Å². The molecule has 1 N–H and O–H groups in total. The molecule has 0 aliphatic rings. The second kappa shape index (κ2) is 4.67. The van der Waals surface area contributed by atoms with Crippen molar-refractivity contribution in [1.29, 1.82) is 0 Å². The van der Waals surface area contributed by atoms with Crippen molar-refractivity contribution in [2.75, 3.05) is 0 Å². The quantitative estimate of drug-likeness (QED) is 0.904. The van der Waals surface area contributed by atoms with Gasteiger partial charge in [-0.05, 0) is 0 Å². The van der Waals surface area contributed by atoms with Crippen LogP contribution in [0.1, 0.15) is 41.0 Å². The Morgan fingerprint density at radius 1 is 1.59 bits per heavy atom. The molecule has 2 aromatic rings. The van der Waals surface area contributed by atoms with Gasteiger partial charge in [0.25, 0.3) is 0 Å². The molecule has 2 aromatic heterocycles. The average molecular weight is 251 g/mol. The van der Waals surface area contributed by atoms with Gasteiger partial charge in [0.05, 0.1) is 23.6 Å². The summed E-state index contributed by atoms with van der Waals surface area (Å²) in [5.41, 5.74) is 0.998. The molecule has 0 radical (unpaired) electrons. The van der Waals surface area contributed by atoms with E-state index in [1.807, 2.05) is 5.38 Å². The Morgan fingerprint density at radius 2 is 2.35 bits per heavy atom. The largest absolute Gasteiger partial charge is 0.476 e. The van der Waals surface area contributed by atoms with E-state index < -0.39 is 5.97 Å². The maximum absolute atomic E-state index is 10.7. The summed E-state index contributed by atoms with van der Waals surface area (Å²) < 4.78 is 1.72. The van der Waals surface area contributed by atoms with Crippen LogP contribution in [0.3, 0.4) is 0 Å². The number of carboxylic acids is 1. The van der Waals surface area contributed by atoms with Crippen molar-refractivity contribution in [1.82, 2.24) is 14.5 Å². The maximum Gasteiger partial charge on any atom is 0.356 e. The molecule has 0 aliphatic carbocycles. The number of thiazole rings is 1. The first-order valence-electron chi connectivity index (χ1n) is 5.25. The molecule has 0 aromatic carbocycles. The van der Waals surface area contributed by atoms with Crippen molar-refractivity contribution in [3.05, 3.63) is 34.3 Å². The molecular weight excluding hydrogens is 238 g/mol. The number of imidazole rings is 1. The molecule has 0 atom stereocenters. The van der Waals surface area contributed by atoms with Crippen LogP contribution in [-0.4, -0.2) is 25.6 Å². The summed E-state index contributed by atoms with van der Waals surface area (Å²) in [5, 5.41) is 11.8. The fraction of sp³-hybridized carbons (Fsp3) is 0.364. The topological polar surface area (TPSA) is 68.0 Å². The molecule has 2 rings (SSSR count). The Morgan fingerprint density at radius 3 is 2.88 bits per heavy atom. The molecule has 17 heavy (non-hydrogen) atoms. The van der Waals surface area contributed by atoms with E-state index in [1.165, 1.54) is 12.5 Å². The zero-order valence-electron chi connectivity index (χ0n) is 9.62. The second-order valence-electron chi connectivity index (χ2n) is 4.07. The van der Waals surface area contributed by atoms with Gasteiger partial charge in [-0.3, -0.25) is 0 Å². The van der Waals surface area contributed by atoms with Crippen molar-refractivity contribution in [2.24, 2.45) is 0 Å². The summed E-state index contributed by atoms with van der Waals surface area (Å²) >= 11 is 1.63. The highest BCUT2D eigenvalue weighted by Crippen LogP contribution is 2.19. The molecule has 0 spiro atoms. The van der Waals surface area contributed by atoms with Crippen LogP contribution in [0.15, 0.2) is 17.9 Å². The number of nitrogens with zero attached hydrogens (tertiary/aromatic N) is 3. The Balaban J connectivity index is 2.11. The zero-order chi connectivity index (χ0) is 12.4. The van der Waals surface area contributed by atoms with Gasteiger partial charge < -0.3 is 9.67 Å². The van der Waals surface area contributed by atoms with Gasteiger partial charge in [0.1, 0.15) is 0 Å². The second-order valence-corrected chi connectivity index (χ2v) is 4.96. The maximum atomic E-state index is 10.7. The molecule has 0 saturated carbocycles. The molecular formula is C11H13N3O2S. The lowest BCUT2D eigenvalue weighted by molar-refractivity contribution is 0.0691. The smallest absolute Gasteiger partial charge is 0.356 e. The van der Waals surface area contributed by atoms with Gasteiger partial charge in [-0.1, -0.05) is 13.8 Å². The number of carboxylic acid groups (broad SMARTS) is 1. The van der Waals surface area contributed by atoms with Crippen molar-refractivity contribution in [2.45, 2.75) is 26.3 Å². The first kappa shape index (κ1) is 11.8. The molecule has 0 saturated heterocycles. The summed E-state index contributed by atoms with van der Waals surface area (Å²) in [6, 6.07) is 0. The molecule has 2 heterocycles. The predicted molar refractivity (Wildman–Crippen MR) is 64.5 cm³/mol. The summed E-state index contributed by atoms with van der Waals surface area (Å²) in [7, 11) is 0. The Kier molecular flexibility index (Phi) is 3.23. The number of aromatic carboxylic acids is 1. The molecule has 90 valence electrons. The molecule has 5 nitrogen and oxygen atoms in total. The molecule has 0 aliphatic heterocycles. The van der Waals surface area contributed by atoms with Crippen LogP contribution in [-0.2, 0) is 6.54 Å². The molecule has 0 amide bonds. The van der Waals surface area contributed by atoms with E-state index in [4.69, 9.17) is 5.11 Å². The number of hydrogen-bond donors (Lipinski definition) is 1. The lowest BCUT2D eigenvalue weighted by Crippen LogP contribution is -1.99. The highest BCUT2D eigenvalue weighted by atomic mass is 32.1. The van der Waals surface area contributed by atoms with Crippen molar-refractivity contribution in [3.63, 3.8) is 0 Å². The lowest BCUT2D eigenvalue weighted by Gasteiger charge is -1.98. The van der Waals surface area contributed by atoms with Crippen LogP contribution in [0.2, 0.25) is 0 Å². The molecule has 0 fully saturated rings. The summed E-state index contributed by atoms with van der Waals surface area (Å²) in [6.45, 7) is 4.76. The van der Waals surface area contributed by atoms with E-state index in [0.29, 0.717) is 12.5 Å². The van der Waals surface area contributed by atoms with Crippen LogP contribution in [0.5, 0.6) is 0 Å². The highest BCUT2D eigenvalue weighted by molar-refractivity contribution is 7.09. The summed E-state index contributed by atoms with van der Waals surface area (Å²) in [4.78, 5) is 18.9. The van der Waals surface area contributed by atoms with Crippen LogP contribution in [0, 0.1) is 0 Å². The zero-order valence-corrected chi connectivity index (χ0v) is 10.4. The standard InChI is InChI=1S/C11H13N3O2S/c1-7(2)10-13-8(5-17-10)3-14-4-9(11(15)16)12-6-14/h4-7H,3H2,1-2H3,(H,15,16). The van der Waals surface area contributed by atoms with Gasteiger partial charge in [0.2, 0.25) is 0 Å². The van der Waals surface area contributed by atoms with E-state index in [2.05, 4.69) is 23.8 Å². The Hall–Kier alpha value is -1.69. The van der Waals surface area contributed by atoms with Gasteiger partial charge in [-0.2, -0.15) is 0 Å². The van der Waals surface area contributed by atoms with Crippen LogP contribution < -0.4 is 0 Å². The van der Waals surface area contributed by atoms with Gasteiger partial charge in [-0.15, -0.1) is 11.3 Å². The number of carbonyl (C=O) groups is 1. The van der Waals surface area contributed by atoms with Crippen LogP contribution in [0.25, 0.3) is 0 Å². The molecule has 0 unspecified atom stereocenters. The summed E-state index contributed by atoms with van der Waals surface area (Å²) in [5.74, 6) is -0.587. The van der Waals surface area contributed by atoms with Crippen LogP contribution in [0.4, 0.5) is 0 Å². The first-order valence-corrected chi connectivity index (χ1v) is 6.13. The van der Waals surface area contributed by atoms with Gasteiger partial charge in [0.15, 0.2) is 5.69 Å². The average Bonchev–Trinajstić information content (AvgIpc) is 2.87. The number of rotatable bonds is 4. The van der Waals surface area contributed by atoms with E-state index in [1.54, 1.807) is 15.9 Å². The Bertz CT molecular complexity index is 530. The Labute approximate surface area is 103 Å². The van der Waals surface area contributed by atoms with Gasteiger partial charge in [-0.25, -0.2) is 14.8 Å². The number of hydrogen-bond acceptors (Lipinski definition) is 4. The van der Waals surface area contributed by atoms with Crippen molar-refractivity contribution in [3.8, 4) is 0 Å². The van der Waals surface area contributed by atoms with Crippen LogP contribution >= 0.6 is 11.3 Å². The fourth-order valence-electron chi connectivity index (χ4n) is 1.40. The minimum Gasteiger partial charge on any atom is -0.476 e. The predicted octanol–water partition coefficient (Wildman–Crippen LogP) is 2.21. The molecule has 0 bridgehead atoms. The SMILES string of the molecule is CC(C)c1nc(Cn2cnc(C(=O)O)c2)cs1. The number of aromatic nitrogens is 3. The summed E-state index contributed by atoms with van der Waals surface area (Å²) in [6.07, 6.45) is 3.02. The van der Waals surface area contributed by atoms with Crippen molar-refractivity contribution < 1.29 is 9.90 Å². The third kappa shape index (κ3) is 2.71. The van der Waals surface area contributed by atoms with Gasteiger partial charge >= 0.3 is 5.97 Å². The first-order chi connectivity index (χ1) is 8.06. The van der Waals surface area contributed by atoms with E-state index in [0.717, 1.165) is 10.7 Å². The lowest BCUT2D eigenvalue weighted by atomic mass is 10.2. The monoisotopic (exact) mass is 251 g/mol.